The smallest absolute Gasteiger partial charge is 0.191 e. The van der Waals surface area contributed by atoms with Crippen molar-refractivity contribution in [1.29, 1.82) is 0 Å². The van der Waals surface area contributed by atoms with Crippen LogP contribution in [0.5, 0.6) is 0 Å². The highest BCUT2D eigenvalue weighted by molar-refractivity contribution is 7.99. The lowest BCUT2D eigenvalue weighted by Crippen LogP contribution is -2.40. The molecule has 0 aliphatic heterocycles. The zero-order valence-corrected chi connectivity index (χ0v) is 14.0. The van der Waals surface area contributed by atoms with Crippen LogP contribution < -0.4 is 10.6 Å². The Bertz CT molecular complexity index is 411. The van der Waals surface area contributed by atoms with Crippen molar-refractivity contribution in [1.82, 2.24) is 10.6 Å². The molecule has 0 saturated heterocycles. The van der Waals surface area contributed by atoms with Gasteiger partial charge in [-0.2, -0.15) is 11.8 Å². The van der Waals surface area contributed by atoms with Gasteiger partial charge < -0.3 is 15.7 Å². The number of hydrogen-bond donors (Lipinski definition) is 3. The number of hydrogen-bond acceptors (Lipinski definition) is 3. The minimum atomic E-state index is 0.0769. The number of aliphatic hydroxyl groups excluding tert-OH is 1. The summed E-state index contributed by atoms with van der Waals surface area (Å²) in [5, 5.41) is 16.6. The van der Waals surface area contributed by atoms with Gasteiger partial charge >= 0.3 is 0 Å². The zero-order chi connectivity index (χ0) is 15.5. The van der Waals surface area contributed by atoms with E-state index in [4.69, 9.17) is 0 Å². The monoisotopic (exact) mass is 309 g/mol. The van der Waals surface area contributed by atoms with Crippen LogP contribution in [0.15, 0.2) is 35.3 Å². The maximum absolute atomic E-state index is 9.57. The summed E-state index contributed by atoms with van der Waals surface area (Å²) in [6.45, 7) is 6.62. The lowest BCUT2D eigenvalue weighted by Gasteiger charge is -2.18. The molecule has 5 heteroatoms. The van der Waals surface area contributed by atoms with Crippen LogP contribution in [0.1, 0.15) is 25.3 Å². The molecule has 0 amide bonds. The molecular weight excluding hydrogens is 282 g/mol. The van der Waals surface area contributed by atoms with Gasteiger partial charge in [0.25, 0.3) is 0 Å². The zero-order valence-electron chi connectivity index (χ0n) is 13.2. The quantitative estimate of drug-likeness (QED) is 0.508. The van der Waals surface area contributed by atoms with Gasteiger partial charge in [-0.15, -0.1) is 0 Å². The summed E-state index contributed by atoms with van der Waals surface area (Å²) in [5.41, 5.74) is 1.14. The minimum absolute atomic E-state index is 0.0769. The van der Waals surface area contributed by atoms with Gasteiger partial charge in [0.15, 0.2) is 5.96 Å². The molecule has 1 aromatic rings. The first kappa shape index (κ1) is 17.9. The molecule has 0 aromatic heterocycles. The number of nitrogens with one attached hydrogen (secondary N) is 2. The van der Waals surface area contributed by atoms with E-state index in [0.717, 1.165) is 24.6 Å². The van der Waals surface area contributed by atoms with E-state index in [1.54, 1.807) is 0 Å². The molecule has 1 aromatic carbocycles. The molecule has 21 heavy (non-hydrogen) atoms. The second-order valence-corrected chi connectivity index (χ2v) is 6.21. The van der Waals surface area contributed by atoms with Crippen molar-refractivity contribution in [3.8, 4) is 0 Å². The number of aliphatic hydroxyl groups is 1. The first-order chi connectivity index (χ1) is 10.2. The van der Waals surface area contributed by atoms with Crippen LogP contribution in [0, 0.1) is 0 Å². The summed E-state index contributed by atoms with van der Waals surface area (Å²) in [7, 11) is 0. The third kappa shape index (κ3) is 6.87. The number of nitrogens with zero attached hydrogens (tertiary/aromatic N) is 1. The lowest BCUT2D eigenvalue weighted by molar-refractivity contribution is 0.265. The number of rotatable bonds is 8. The maximum Gasteiger partial charge on any atom is 0.191 e. The molecule has 0 heterocycles. The number of thioether (sulfide) groups is 1. The largest absolute Gasteiger partial charge is 0.396 e. The van der Waals surface area contributed by atoms with Gasteiger partial charge in [0.2, 0.25) is 0 Å². The second kappa shape index (κ2) is 10.5. The second-order valence-electron chi connectivity index (χ2n) is 4.94. The molecule has 1 rings (SSSR count). The summed E-state index contributed by atoms with van der Waals surface area (Å²) < 4.78 is 0. The van der Waals surface area contributed by atoms with Crippen molar-refractivity contribution in [2.24, 2.45) is 4.99 Å². The van der Waals surface area contributed by atoms with Crippen molar-refractivity contribution in [3.63, 3.8) is 0 Å². The Morgan fingerprint density at radius 3 is 2.57 bits per heavy atom. The van der Waals surface area contributed by atoms with Crippen molar-refractivity contribution >= 4 is 17.7 Å². The summed E-state index contributed by atoms with van der Waals surface area (Å²) in [6.07, 6.45) is 2.09. The molecule has 4 nitrogen and oxygen atoms in total. The van der Waals surface area contributed by atoms with E-state index in [-0.39, 0.29) is 12.5 Å². The van der Waals surface area contributed by atoms with Gasteiger partial charge in [-0.25, -0.2) is 0 Å². The average Bonchev–Trinajstić information content (AvgIpc) is 2.53. The number of guanidine groups is 1. The van der Waals surface area contributed by atoms with Gasteiger partial charge in [0.05, 0.1) is 13.2 Å². The average molecular weight is 309 g/mol. The fourth-order valence-corrected chi connectivity index (χ4v) is 2.09. The minimum Gasteiger partial charge on any atom is -0.396 e. The van der Waals surface area contributed by atoms with Crippen LogP contribution in [0.3, 0.4) is 0 Å². The highest BCUT2D eigenvalue weighted by atomic mass is 32.2. The molecule has 0 aliphatic rings. The van der Waals surface area contributed by atoms with E-state index in [9.17, 15) is 5.11 Å². The molecule has 0 radical (unpaired) electrons. The molecule has 118 valence electrons. The fourth-order valence-electron chi connectivity index (χ4n) is 1.87. The first-order valence-corrected chi connectivity index (χ1v) is 8.70. The van der Waals surface area contributed by atoms with Crippen LogP contribution in [0.4, 0.5) is 0 Å². The lowest BCUT2D eigenvalue weighted by atomic mass is 10.0. The van der Waals surface area contributed by atoms with Crippen LogP contribution in [0.2, 0.25) is 0 Å². The van der Waals surface area contributed by atoms with Crippen LogP contribution in [-0.2, 0) is 0 Å². The molecule has 2 atom stereocenters. The highest BCUT2D eigenvalue weighted by Crippen LogP contribution is 2.13. The van der Waals surface area contributed by atoms with Crippen LogP contribution >= 0.6 is 11.8 Å². The molecule has 0 aliphatic carbocycles. The Morgan fingerprint density at radius 1 is 1.29 bits per heavy atom. The highest BCUT2D eigenvalue weighted by Gasteiger charge is 2.10. The molecular formula is C16H27N3OS. The van der Waals surface area contributed by atoms with Crippen LogP contribution in [-0.4, -0.2) is 48.8 Å². The molecule has 2 unspecified atom stereocenters. The van der Waals surface area contributed by atoms with Crippen molar-refractivity contribution in [2.75, 3.05) is 32.5 Å². The van der Waals surface area contributed by atoms with Crippen molar-refractivity contribution in [3.05, 3.63) is 35.9 Å². The SMILES string of the molecule is CCNC(=NCC(C)SC)NCC(CO)c1ccccc1. The van der Waals surface area contributed by atoms with E-state index >= 15 is 0 Å². The summed E-state index contributed by atoms with van der Waals surface area (Å²) >= 11 is 1.81. The molecule has 0 spiro atoms. The first-order valence-electron chi connectivity index (χ1n) is 7.42. The van der Waals surface area contributed by atoms with Crippen molar-refractivity contribution in [2.45, 2.75) is 25.0 Å². The van der Waals surface area contributed by atoms with Gasteiger partial charge in [-0.3, -0.25) is 4.99 Å². The Labute approximate surface area is 132 Å². The molecule has 0 bridgehead atoms. The number of aliphatic imine (C=N–C) groups is 1. The predicted molar refractivity (Wildman–Crippen MR) is 93.2 cm³/mol. The van der Waals surface area contributed by atoms with Gasteiger partial charge in [0, 0.05) is 24.3 Å². The topological polar surface area (TPSA) is 56.7 Å². The Morgan fingerprint density at radius 2 is 2.00 bits per heavy atom. The summed E-state index contributed by atoms with van der Waals surface area (Å²) in [6, 6.07) is 10.1. The fraction of sp³-hybridized carbons (Fsp3) is 0.562. The van der Waals surface area contributed by atoms with E-state index < -0.39 is 0 Å². The number of benzene rings is 1. The van der Waals surface area contributed by atoms with Crippen LogP contribution in [0.25, 0.3) is 0 Å². The molecule has 0 fully saturated rings. The van der Waals surface area contributed by atoms with Gasteiger partial charge in [-0.1, -0.05) is 37.3 Å². The van der Waals surface area contributed by atoms with Crippen molar-refractivity contribution < 1.29 is 5.11 Å². The van der Waals surface area contributed by atoms with Gasteiger partial charge in [-0.05, 0) is 18.7 Å². The summed E-state index contributed by atoms with van der Waals surface area (Å²) in [4.78, 5) is 4.58. The van der Waals surface area contributed by atoms with E-state index in [1.165, 1.54) is 0 Å². The molecule has 3 N–H and O–H groups in total. The third-order valence-corrected chi connectivity index (χ3v) is 4.21. The maximum atomic E-state index is 9.57. The van der Waals surface area contributed by atoms with Gasteiger partial charge in [0.1, 0.15) is 0 Å². The van der Waals surface area contributed by atoms with E-state index in [0.29, 0.717) is 11.8 Å². The Balaban J connectivity index is 2.58. The summed E-state index contributed by atoms with van der Waals surface area (Å²) in [5.74, 6) is 0.890. The predicted octanol–water partition coefficient (Wildman–Crippen LogP) is 2.07. The Hall–Kier alpha value is -1.20. The van der Waals surface area contributed by atoms with E-state index in [2.05, 4.69) is 35.7 Å². The Kier molecular flexibility index (Phi) is 8.94. The molecule has 0 saturated carbocycles. The normalized spacial score (nSPS) is 14.6. The third-order valence-electron chi connectivity index (χ3n) is 3.26. The van der Waals surface area contributed by atoms with E-state index in [1.807, 2.05) is 42.1 Å². The standard InChI is InChI=1S/C16H27N3OS/c1-4-17-16(18-10-13(2)21-3)19-11-15(12-20)14-8-6-5-7-9-14/h5-9,13,15,20H,4,10-12H2,1-3H3,(H2,17,18,19).